The summed E-state index contributed by atoms with van der Waals surface area (Å²) in [5.74, 6) is -2.39. The lowest BCUT2D eigenvalue weighted by molar-refractivity contribution is -0.161. The highest BCUT2D eigenvalue weighted by atomic mass is 31.2. The lowest BCUT2D eigenvalue weighted by Gasteiger charge is -2.20. The van der Waals surface area contributed by atoms with Gasteiger partial charge in [-0.1, -0.05) is 122 Å². The summed E-state index contributed by atoms with van der Waals surface area (Å²) >= 11 is 0. The van der Waals surface area contributed by atoms with E-state index in [1.54, 1.807) is 0 Å². The van der Waals surface area contributed by atoms with E-state index in [1.807, 2.05) is 0 Å². The molecular formula is C35H66NO10P. The van der Waals surface area contributed by atoms with E-state index in [0.717, 1.165) is 57.8 Å². The van der Waals surface area contributed by atoms with Gasteiger partial charge in [0.15, 0.2) is 6.10 Å². The molecule has 47 heavy (non-hydrogen) atoms. The molecule has 276 valence electrons. The van der Waals surface area contributed by atoms with Crippen molar-refractivity contribution in [2.24, 2.45) is 5.73 Å². The van der Waals surface area contributed by atoms with Crippen LogP contribution in [-0.2, 0) is 37.5 Å². The fourth-order valence-electron chi connectivity index (χ4n) is 4.82. The molecule has 0 saturated carbocycles. The van der Waals surface area contributed by atoms with Gasteiger partial charge in [-0.25, -0.2) is 4.57 Å². The molecule has 0 aliphatic rings. The summed E-state index contributed by atoms with van der Waals surface area (Å²) in [7, 11) is -4.70. The molecule has 0 aliphatic heterocycles. The van der Waals surface area contributed by atoms with Crippen LogP contribution in [0.4, 0.5) is 0 Å². The predicted molar refractivity (Wildman–Crippen MR) is 185 cm³/mol. The Hall–Kier alpha value is -1.78. The first kappa shape index (κ1) is 45.2. The van der Waals surface area contributed by atoms with Crippen molar-refractivity contribution in [3.63, 3.8) is 0 Å². The molecular weight excluding hydrogens is 625 g/mol. The number of nitrogens with two attached hydrogens (primary N) is 1. The quantitative estimate of drug-likeness (QED) is 0.0255. The third-order valence-corrected chi connectivity index (χ3v) is 8.71. The van der Waals surface area contributed by atoms with Gasteiger partial charge < -0.3 is 25.2 Å². The third kappa shape index (κ3) is 31.3. The third-order valence-electron chi connectivity index (χ3n) is 7.76. The second kappa shape index (κ2) is 31.5. The Labute approximate surface area is 284 Å². The van der Waals surface area contributed by atoms with Crippen molar-refractivity contribution < 1.29 is 47.5 Å². The molecule has 0 spiro atoms. The number of aliphatic carboxylic acids is 1. The molecule has 0 heterocycles. The van der Waals surface area contributed by atoms with Gasteiger partial charge in [-0.15, -0.1) is 0 Å². The molecule has 4 N–H and O–H groups in total. The Kier molecular flexibility index (Phi) is 30.3. The van der Waals surface area contributed by atoms with Crippen LogP contribution in [0.15, 0.2) is 12.2 Å². The van der Waals surface area contributed by atoms with Crippen molar-refractivity contribution in [1.82, 2.24) is 0 Å². The number of phosphoric ester groups is 1. The minimum absolute atomic E-state index is 0.154. The fraction of sp³-hybridized carbons (Fsp3) is 0.857. The van der Waals surface area contributed by atoms with Crippen LogP contribution in [-0.4, -0.2) is 59.9 Å². The van der Waals surface area contributed by atoms with Crippen molar-refractivity contribution in [3.8, 4) is 0 Å². The van der Waals surface area contributed by atoms with Crippen molar-refractivity contribution in [2.45, 2.75) is 174 Å². The summed E-state index contributed by atoms with van der Waals surface area (Å²) in [4.78, 5) is 45.6. The van der Waals surface area contributed by atoms with Crippen molar-refractivity contribution in [3.05, 3.63) is 12.2 Å². The maximum absolute atomic E-state index is 12.5. The number of carbonyl (C=O) groups is 3. The van der Waals surface area contributed by atoms with Gasteiger partial charge in [-0.05, 0) is 38.5 Å². The minimum Gasteiger partial charge on any atom is -0.480 e. The second-order valence-electron chi connectivity index (χ2n) is 12.4. The van der Waals surface area contributed by atoms with Crippen LogP contribution in [0.1, 0.15) is 162 Å². The molecule has 0 aromatic rings. The fourth-order valence-corrected chi connectivity index (χ4v) is 5.60. The lowest BCUT2D eigenvalue weighted by Crippen LogP contribution is -2.34. The first-order chi connectivity index (χ1) is 22.6. The zero-order valence-electron chi connectivity index (χ0n) is 29.4. The monoisotopic (exact) mass is 691 g/mol. The molecule has 0 saturated heterocycles. The normalized spacial score (nSPS) is 14.1. The number of allylic oxidation sites excluding steroid dienone is 2. The van der Waals surface area contributed by atoms with Gasteiger partial charge in [0.25, 0.3) is 0 Å². The van der Waals surface area contributed by atoms with Gasteiger partial charge >= 0.3 is 25.7 Å². The Balaban J connectivity index is 4.48. The zero-order chi connectivity index (χ0) is 35.0. The molecule has 0 aromatic carbocycles. The average Bonchev–Trinajstić information content (AvgIpc) is 3.04. The average molecular weight is 692 g/mol. The zero-order valence-corrected chi connectivity index (χ0v) is 30.3. The van der Waals surface area contributed by atoms with E-state index in [4.69, 9.17) is 24.8 Å². The van der Waals surface area contributed by atoms with Gasteiger partial charge in [0, 0.05) is 12.8 Å². The highest BCUT2D eigenvalue weighted by molar-refractivity contribution is 7.47. The number of hydrogen-bond donors (Lipinski definition) is 3. The molecule has 0 rings (SSSR count). The Morgan fingerprint density at radius 1 is 0.638 bits per heavy atom. The molecule has 3 atom stereocenters. The summed E-state index contributed by atoms with van der Waals surface area (Å²) in [6, 6.07) is -1.52. The summed E-state index contributed by atoms with van der Waals surface area (Å²) in [5, 5.41) is 8.84. The van der Waals surface area contributed by atoms with Crippen LogP contribution in [0.3, 0.4) is 0 Å². The van der Waals surface area contributed by atoms with E-state index in [2.05, 4.69) is 30.5 Å². The van der Waals surface area contributed by atoms with Crippen LogP contribution in [0.2, 0.25) is 0 Å². The first-order valence-electron chi connectivity index (χ1n) is 18.2. The van der Waals surface area contributed by atoms with E-state index in [-0.39, 0.29) is 19.4 Å². The van der Waals surface area contributed by atoms with Gasteiger partial charge in [0.05, 0.1) is 13.2 Å². The SMILES string of the molecule is CCCCC/C=C\CCCCCCCC(=O)O[C@H](COC(=O)CCCCCCCCCCCCC)COP(=O)(O)OC[C@H](N)C(=O)O. The summed E-state index contributed by atoms with van der Waals surface area (Å²) in [6.45, 7) is 2.74. The Morgan fingerprint density at radius 2 is 1.06 bits per heavy atom. The summed E-state index contributed by atoms with van der Waals surface area (Å²) < 4.78 is 32.5. The van der Waals surface area contributed by atoms with Crippen LogP contribution < -0.4 is 5.73 Å². The van der Waals surface area contributed by atoms with E-state index in [9.17, 15) is 23.8 Å². The molecule has 0 aromatic heterocycles. The van der Waals surface area contributed by atoms with E-state index >= 15 is 0 Å². The van der Waals surface area contributed by atoms with Crippen molar-refractivity contribution >= 4 is 25.7 Å². The molecule has 0 bridgehead atoms. The maximum Gasteiger partial charge on any atom is 0.472 e. The number of rotatable bonds is 34. The molecule has 0 fully saturated rings. The maximum atomic E-state index is 12.5. The van der Waals surface area contributed by atoms with Crippen LogP contribution >= 0.6 is 7.82 Å². The number of carboxylic acids is 1. The molecule has 1 unspecified atom stereocenters. The smallest absolute Gasteiger partial charge is 0.472 e. The first-order valence-corrected chi connectivity index (χ1v) is 19.7. The molecule has 11 nitrogen and oxygen atoms in total. The summed E-state index contributed by atoms with van der Waals surface area (Å²) in [6.07, 6.45) is 27.1. The Bertz CT molecular complexity index is 869. The summed E-state index contributed by atoms with van der Waals surface area (Å²) in [5.41, 5.74) is 5.30. The van der Waals surface area contributed by atoms with Crippen LogP contribution in [0.25, 0.3) is 0 Å². The number of ether oxygens (including phenoxy) is 2. The molecule has 0 aliphatic carbocycles. The van der Waals surface area contributed by atoms with E-state index in [0.29, 0.717) is 12.8 Å². The standard InChI is InChI=1S/C35H66NO10P/c1-3-5-7-9-11-13-15-17-19-21-23-25-27-34(38)46-31(29-44-47(41,42)45-30-32(36)35(39)40)28-43-33(37)26-24-22-20-18-16-14-12-10-8-6-4-2/h11,13,31-32H,3-10,12,14-30,36H2,1-2H3,(H,39,40)(H,41,42)/b13-11-/t31-,32+/m1/s1. The Morgan fingerprint density at radius 3 is 1.60 bits per heavy atom. The lowest BCUT2D eigenvalue weighted by atomic mass is 10.1. The largest absolute Gasteiger partial charge is 0.480 e. The molecule has 0 amide bonds. The molecule has 0 radical (unpaired) electrons. The highest BCUT2D eigenvalue weighted by Crippen LogP contribution is 2.43. The van der Waals surface area contributed by atoms with E-state index < -0.39 is 51.1 Å². The topological polar surface area (TPSA) is 172 Å². The van der Waals surface area contributed by atoms with Crippen molar-refractivity contribution in [1.29, 1.82) is 0 Å². The second-order valence-corrected chi connectivity index (χ2v) is 13.8. The predicted octanol–water partition coefficient (Wildman–Crippen LogP) is 8.56. The number of phosphoric acid groups is 1. The van der Waals surface area contributed by atoms with Crippen molar-refractivity contribution in [2.75, 3.05) is 19.8 Å². The van der Waals surface area contributed by atoms with Crippen LogP contribution in [0.5, 0.6) is 0 Å². The number of esters is 2. The molecule has 12 heteroatoms. The number of unbranched alkanes of at least 4 members (excludes halogenated alkanes) is 18. The van der Waals surface area contributed by atoms with Gasteiger partial charge in [-0.3, -0.25) is 23.4 Å². The van der Waals surface area contributed by atoms with Gasteiger partial charge in [0.2, 0.25) is 0 Å². The van der Waals surface area contributed by atoms with E-state index in [1.165, 1.54) is 64.2 Å². The highest BCUT2D eigenvalue weighted by Gasteiger charge is 2.28. The van der Waals surface area contributed by atoms with Crippen LogP contribution in [0, 0.1) is 0 Å². The van der Waals surface area contributed by atoms with Gasteiger partial charge in [-0.2, -0.15) is 0 Å². The number of hydrogen-bond acceptors (Lipinski definition) is 9. The number of carbonyl (C=O) groups excluding carboxylic acids is 2. The minimum atomic E-state index is -4.70. The van der Waals surface area contributed by atoms with Gasteiger partial charge in [0.1, 0.15) is 12.6 Å². The number of carboxylic acid groups (broad SMARTS) is 1.